The summed E-state index contributed by atoms with van der Waals surface area (Å²) >= 11 is 0. The molecule has 16 heavy (non-hydrogen) atoms. The summed E-state index contributed by atoms with van der Waals surface area (Å²) in [5.41, 5.74) is 0.965. The van der Waals surface area contributed by atoms with Gasteiger partial charge >= 0.3 is 0 Å². The van der Waals surface area contributed by atoms with Crippen LogP contribution in [0.5, 0.6) is 0 Å². The molecule has 2 nitrogen and oxygen atoms in total. The number of benzene rings is 1. The fraction of sp³-hybridized carbons (Fsp3) is 0.538. The Bertz CT molecular complexity index is 319. The van der Waals surface area contributed by atoms with E-state index in [1.165, 1.54) is 18.6 Å². The van der Waals surface area contributed by atoms with Crippen LogP contribution in [0.2, 0.25) is 0 Å². The zero-order valence-electron chi connectivity index (χ0n) is 9.58. The minimum atomic E-state index is -0.197. The van der Waals surface area contributed by atoms with Crippen molar-refractivity contribution in [2.45, 2.75) is 38.3 Å². The Morgan fingerprint density at radius 2 is 2.19 bits per heavy atom. The molecule has 2 unspecified atom stereocenters. The third-order valence-electron chi connectivity index (χ3n) is 2.90. The molecule has 1 aliphatic rings. The standard InChI is InChI=1S/C13H18FNO/c1-10(9-13-3-2-8-16-13)15-12-6-4-11(14)5-7-12/h4-7,10,13,15H,2-3,8-9H2,1H3. The molecule has 1 N–H and O–H groups in total. The number of ether oxygens (including phenoxy) is 1. The molecule has 0 radical (unpaired) electrons. The lowest BCUT2D eigenvalue weighted by molar-refractivity contribution is 0.101. The van der Waals surface area contributed by atoms with E-state index in [4.69, 9.17) is 4.74 Å². The summed E-state index contributed by atoms with van der Waals surface area (Å²) < 4.78 is 18.3. The first-order valence-electron chi connectivity index (χ1n) is 5.88. The largest absolute Gasteiger partial charge is 0.382 e. The van der Waals surface area contributed by atoms with Crippen molar-refractivity contribution >= 4 is 5.69 Å². The second kappa shape index (κ2) is 5.30. The number of nitrogens with one attached hydrogen (secondary N) is 1. The van der Waals surface area contributed by atoms with E-state index in [1.54, 1.807) is 12.1 Å². The third kappa shape index (κ3) is 3.20. The molecule has 1 fully saturated rings. The van der Waals surface area contributed by atoms with Gasteiger partial charge in [0.05, 0.1) is 6.10 Å². The van der Waals surface area contributed by atoms with Crippen molar-refractivity contribution < 1.29 is 9.13 Å². The predicted molar refractivity (Wildman–Crippen MR) is 63.1 cm³/mol. The maximum atomic E-state index is 12.7. The molecule has 0 bridgehead atoms. The fourth-order valence-electron chi connectivity index (χ4n) is 2.11. The van der Waals surface area contributed by atoms with Gasteiger partial charge in [0, 0.05) is 18.3 Å². The van der Waals surface area contributed by atoms with E-state index in [1.807, 2.05) is 0 Å². The smallest absolute Gasteiger partial charge is 0.123 e. The second-order valence-electron chi connectivity index (χ2n) is 4.42. The lowest BCUT2D eigenvalue weighted by Gasteiger charge is -2.18. The van der Waals surface area contributed by atoms with Gasteiger partial charge in [-0.3, -0.25) is 0 Å². The van der Waals surface area contributed by atoms with E-state index in [9.17, 15) is 4.39 Å². The van der Waals surface area contributed by atoms with Crippen LogP contribution in [-0.2, 0) is 4.74 Å². The van der Waals surface area contributed by atoms with Crippen molar-refractivity contribution in [1.29, 1.82) is 0 Å². The Kier molecular flexibility index (Phi) is 3.78. The molecule has 88 valence electrons. The Labute approximate surface area is 95.8 Å². The molecule has 1 saturated heterocycles. The lowest BCUT2D eigenvalue weighted by atomic mass is 10.1. The molecule has 0 aromatic heterocycles. The Balaban J connectivity index is 1.81. The van der Waals surface area contributed by atoms with Gasteiger partial charge in [-0.25, -0.2) is 4.39 Å². The van der Waals surface area contributed by atoms with E-state index in [0.717, 1.165) is 25.1 Å². The highest BCUT2D eigenvalue weighted by Gasteiger charge is 2.18. The minimum absolute atomic E-state index is 0.197. The summed E-state index contributed by atoms with van der Waals surface area (Å²) in [5, 5.41) is 3.35. The van der Waals surface area contributed by atoms with E-state index >= 15 is 0 Å². The van der Waals surface area contributed by atoms with Crippen molar-refractivity contribution in [3.8, 4) is 0 Å². The summed E-state index contributed by atoms with van der Waals surface area (Å²) in [4.78, 5) is 0. The highest BCUT2D eigenvalue weighted by atomic mass is 19.1. The van der Waals surface area contributed by atoms with Gasteiger partial charge in [0.1, 0.15) is 5.82 Å². The monoisotopic (exact) mass is 223 g/mol. The van der Waals surface area contributed by atoms with Gasteiger partial charge in [-0.1, -0.05) is 0 Å². The van der Waals surface area contributed by atoms with Crippen molar-refractivity contribution in [1.82, 2.24) is 0 Å². The summed E-state index contributed by atoms with van der Waals surface area (Å²) in [5.74, 6) is -0.197. The van der Waals surface area contributed by atoms with Gasteiger partial charge in [0.25, 0.3) is 0 Å². The molecule has 2 rings (SSSR count). The van der Waals surface area contributed by atoms with Gasteiger partial charge in [0.2, 0.25) is 0 Å². The molecular weight excluding hydrogens is 205 g/mol. The molecule has 3 heteroatoms. The lowest BCUT2D eigenvalue weighted by Crippen LogP contribution is -2.21. The van der Waals surface area contributed by atoms with Crippen molar-refractivity contribution in [3.05, 3.63) is 30.1 Å². The maximum Gasteiger partial charge on any atom is 0.123 e. The molecule has 0 amide bonds. The third-order valence-corrected chi connectivity index (χ3v) is 2.90. The average molecular weight is 223 g/mol. The fourth-order valence-corrected chi connectivity index (χ4v) is 2.11. The normalized spacial score (nSPS) is 22.0. The Hall–Kier alpha value is -1.09. The van der Waals surface area contributed by atoms with Crippen LogP contribution in [-0.4, -0.2) is 18.8 Å². The minimum Gasteiger partial charge on any atom is -0.382 e. The first-order chi connectivity index (χ1) is 7.74. The summed E-state index contributed by atoms with van der Waals surface area (Å²) in [6.45, 7) is 3.03. The molecule has 0 saturated carbocycles. The van der Waals surface area contributed by atoms with Crippen LogP contribution in [0.15, 0.2) is 24.3 Å². The molecule has 0 aliphatic carbocycles. The van der Waals surface area contributed by atoms with Gasteiger partial charge in [0.15, 0.2) is 0 Å². The maximum absolute atomic E-state index is 12.7. The number of anilines is 1. The topological polar surface area (TPSA) is 21.3 Å². The van der Waals surface area contributed by atoms with Crippen LogP contribution in [0.25, 0.3) is 0 Å². The van der Waals surface area contributed by atoms with Gasteiger partial charge in [-0.05, 0) is 50.5 Å². The second-order valence-corrected chi connectivity index (χ2v) is 4.42. The first-order valence-corrected chi connectivity index (χ1v) is 5.88. The zero-order chi connectivity index (χ0) is 11.4. The molecule has 0 spiro atoms. The molecular formula is C13H18FNO. The quantitative estimate of drug-likeness (QED) is 0.846. The van der Waals surface area contributed by atoms with Crippen molar-refractivity contribution in [3.63, 3.8) is 0 Å². The predicted octanol–water partition coefficient (Wildman–Crippen LogP) is 3.20. The van der Waals surface area contributed by atoms with Gasteiger partial charge in [-0.15, -0.1) is 0 Å². The Morgan fingerprint density at radius 1 is 1.44 bits per heavy atom. The summed E-state index contributed by atoms with van der Waals surface area (Å²) in [7, 11) is 0. The van der Waals surface area contributed by atoms with Crippen LogP contribution in [0.4, 0.5) is 10.1 Å². The molecule has 1 aromatic rings. The van der Waals surface area contributed by atoms with Crippen LogP contribution in [0, 0.1) is 5.82 Å². The summed E-state index contributed by atoms with van der Waals surface area (Å²) in [6.07, 6.45) is 3.74. The molecule has 1 heterocycles. The van der Waals surface area contributed by atoms with Crippen LogP contribution >= 0.6 is 0 Å². The SMILES string of the molecule is CC(CC1CCCO1)Nc1ccc(F)cc1. The van der Waals surface area contributed by atoms with E-state index in [-0.39, 0.29) is 5.82 Å². The number of halogens is 1. The zero-order valence-corrected chi connectivity index (χ0v) is 9.58. The van der Waals surface area contributed by atoms with Crippen molar-refractivity contribution in [2.75, 3.05) is 11.9 Å². The average Bonchev–Trinajstić information content (AvgIpc) is 2.74. The van der Waals surface area contributed by atoms with Gasteiger partial charge < -0.3 is 10.1 Å². The molecule has 1 aliphatic heterocycles. The first kappa shape index (κ1) is 11.4. The highest BCUT2D eigenvalue weighted by molar-refractivity contribution is 5.43. The highest BCUT2D eigenvalue weighted by Crippen LogP contribution is 2.19. The van der Waals surface area contributed by atoms with E-state index in [0.29, 0.717) is 12.1 Å². The number of hydrogen-bond donors (Lipinski definition) is 1. The summed E-state index contributed by atoms with van der Waals surface area (Å²) in [6, 6.07) is 6.83. The van der Waals surface area contributed by atoms with E-state index < -0.39 is 0 Å². The van der Waals surface area contributed by atoms with Crippen LogP contribution in [0.1, 0.15) is 26.2 Å². The molecule has 2 atom stereocenters. The van der Waals surface area contributed by atoms with Crippen molar-refractivity contribution in [2.24, 2.45) is 0 Å². The van der Waals surface area contributed by atoms with Crippen LogP contribution < -0.4 is 5.32 Å². The number of hydrogen-bond acceptors (Lipinski definition) is 2. The van der Waals surface area contributed by atoms with E-state index in [2.05, 4.69) is 12.2 Å². The number of rotatable bonds is 4. The van der Waals surface area contributed by atoms with Gasteiger partial charge in [-0.2, -0.15) is 0 Å². The van der Waals surface area contributed by atoms with Crippen LogP contribution in [0.3, 0.4) is 0 Å². The molecule has 1 aromatic carbocycles. The Morgan fingerprint density at radius 3 is 2.81 bits per heavy atom.